The molecule has 1 saturated heterocycles. The van der Waals surface area contributed by atoms with Crippen LogP contribution in [0.2, 0.25) is 0 Å². The molecule has 1 fully saturated rings. The van der Waals surface area contributed by atoms with Crippen LogP contribution in [0.1, 0.15) is 32.8 Å². The van der Waals surface area contributed by atoms with Crippen molar-refractivity contribution in [3.63, 3.8) is 0 Å². The minimum absolute atomic E-state index is 0.197. The minimum atomic E-state index is -4.46. The SMILES string of the molecule is CNc1nc(C)nc2c1ncn2[C@@H]1O[C@](CCl)(CO[P@](=O)(N[C@@H](C)C(=O)OC(C)C)Oc2cccc3ccccc23)[C@@H](O)[C@H]1F. The smallest absolute Gasteiger partial charge is 0.459 e. The highest BCUT2D eigenvalue weighted by atomic mass is 35.5. The molecule has 0 bridgehead atoms. The average Bonchev–Trinajstić information content (AvgIpc) is 3.54. The second kappa shape index (κ2) is 13.1. The number of fused-ring (bicyclic) bond motifs is 2. The Balaban J connectivity index is 1.45. The summed E-state index contributed by atoms with van der Waals surface area (Å²) in [7, 11) is -2.79. The standard InChI is InChI=1S/C29H35ClFN6O7P/c1-16(2)42-28(39)17(3)36-45(40,44-21-12-8-10-19-9-6-7-11-20(19)21)41-14-29(13-30)24(38)22(31)27(43-29)37-15-33-23-25(32-5)34-18(4)35-26(23)37/h6-12,15-17,22,24,27,38H,13-14H2,1-5H3,(H,36,40)(H,32,34,35)/t17-,22+,24-,27+,29+,45+/m0/s1. The fraction of sp³-hybridized carbons (Fsp3) is 0.448. The maximum atomic E-state index is 15.8. The number of benzene rings is 2. The first-order valence-electron chi connectivity index (χ1n) is 14.3. The van der Waals surface area contributed by atoms with E-state index in [2.05, 4.69) is 25.4 Å². The largest absolute Gasteiger partial charge is 0.462 e. The second-order valence-corrected chi connectivity index (χ2v) is 12.9. The Bertz CT molecular complexity index is 1740. The van der Waals surface area contributed by atoms with Gasteiger partial charge in [-0.15, -0.1) is 11.6 Å². The van der Waals surface area contributed by atoms with Gasteiger partial charge in [-0.2, -0.15) is 5.09 Å². The normalized spacial score (nSPS) is 23.7. The van der Waals surface area contributed by atoms with Gasteiger partial charge in [0.05, 0.1) is 24.9 Å². The van der Waals surface area contributed by atoms with E-state index in [1.54, 1.807) is 52.1 Å². The van der Waals surface area contributed by atoms with Crippen molar-refractivity contribution in [2.24, 2.45) is 0 Å². The fourth-order valence-electron chi connectivity index (χ4n) is 5.00. The van der Waals surface area contributed by atoms with Gasteiger partial charge < -0.3 is 24.4 Å². The van der Waals surface area contributed by atoms with Gasteiger partial charge in [-0.05, 0) is 39.1 Å². The van der Waals surface area contributed by atoms with Gasteiger partial charge in [0, 0.05) is 12.4 Å². The predicted octanol–water partition coefficient (Wildman–Crippen LogP) is 4.67. The molecule has 45 heavy (non-hydrogen) atoms. The van der Waals surface area contributed by atoms with E-state index < -0.39 is 62.5 Å². The Morgan fingerprint density at radius 1 is 1.22 bits per heavy atom. The van der Waals surface area contributed by atoms with Crippen molar-refractivity contribution in [2.75, 3.05) is 24.9 Å². The van der Waals surface area contributed by atoms with E-state index in [1.165, 1.54) is 17.8 Å². The Kier molecular flexibility index (Phi) is 9.64. The second-order valence-electron chi connectivity index (χ2n) is 11.0. The van der Waals surface area contributed by atoms with Crippen molar-refractivity contribution in [1.29, 1.82) is 0 Å². The summed E-state index contributed by atoms with van der Waals surface area (Å²) in [5.41, 5.74) is -1.26. The van der Waals surface area contributed by atoms with Crippen LogP contribution in [-0.4, -0.2) is 80.2 Å². The van der Waals surface area contributed by atoms with E-state index in [1.807, 2.05) is 18.2 Å². The van der Waals surface area contributed by atoms with Crippen molar-refractivity contribution >= 4 is 53.1 Å². The van der Waals surface area contributed by atoms with Gasteiger partial charge in [0.1, 0.15) is 29.3 Å². The van der Waals surface area contributed by atoms with Crippen molar-refractivity contribution in [1.82, 2.24) is 24.6 Å². The lowest BCUT2D eigenvalue weighted by Crippen LogP contribution is -2.48. The van der Waals surface area contributed by atoms with Crippen LogP contribution in [0.3, 0.4) is 0 Å². The summed E-state index contributed by atoms with van der Waals surface area (Å²) in [5, 5.41) is 18.1. The molecular weight excluding hydrogens is 630 g/mol. The van der Waals surface area contributed by atoms with Gasteiger partial charge in [0.2, 0.25) is 0 Å². The fourth-order valence-corrected chi connectivity index (χ4v) is 6.86. The highest BCUT2D eigenvalue weighted by Gasteiger charge is 2.57. The van der Waals surface area contributed by atoms with E-state index >= 15 is 4.39 Å². The Hall–Kier alpha value is -3.39. The summed E-state index contributed by atoms with van der Waals surface area (Å²) in [4.78, 5) is 25.6. The van der Waals surface area contributed by atoms with Crippen LogP contribution in [0.4, 0.5) is 10.2 Å². The number of esters is 1. The monoisotopic (exact) mass is 664 g/mol. The number of aliphatic hydroxyl groups excluding tert-OH is 1. The number of hydrogen-bond donors (Lipinski definition) is 3. The zero-order chi connectivity index (χ0) is 32.5. The van der Waals surface area contributed by atoms with E-state index in [0.29, 0.717) is 22.5 Å². The molecule has 13 nitrogen and oxygen atoms in total. The van der Waals surface area contributed by atoms with Gasteiger partial charge in [-0.3, -0.25) is 13.9 Å². The van der Waals surface area contributed by atoms with E-state index in [9.17, 15) is 14.5 Å². The number of carbonyl (C=O) groups excluding carboxylic acids is 1. The predicted molar refractivity (Wildman–Crippen MR) is 166 cm³/mol. The molecule has 0 aliphatic carbocycles. The number of aliphatic hydroxyl groups is 1. The Morgan fingerprint density at radius 2 is 1.96 bits per heavy atom. The van der Waals surface area contributed by atoms with Gasteiger partial charge in [0.15, 0.2) is 29.4 Å². The van der Waals surface area contributed by atoms with Crippen LogP contribution in [-0.2, 0) is 23.4 Å². The topological polar surface area (TPSA) is 159 Å². The molecular formula is C29H35ClFN6O7P. The number of carbonyl (C=O) groups is 1. The maximum Gasteiger partial charge on any atom is 0.459 e. The van der Waals surface area contributed by atoms with E-state index in [-0.39, 0.29) is 11.4 Å². The van der Waals surface area contributed by atoms with Crippen LogP contribution in [0.5, 0.6) is 5.75 Å². The molecule has 1 aliphatic heterocycles. The third kappa shape index (κ3) is 6.62. The first-order valence-corrected chi connectivity index (χ1v) is 16.3. The molecule has 0 unspecified atom stereocenters. The lowest BCUT2D eigenvalue weighted by molar-refractivity contribution is -0.149. The lowest BCUT2D eigenvalue weighted by atomic mass is 9.99. The number of rotatable bonds is 12. The molecule has 0 spiro atoms. The zero-order valence-corrected chi connectivity index (χ0v) is 27.0. The zero-order valence-electron chi connectivity index (χ0n) is 25.3. The average molecular weight is 665 g/mol. The van der Waals surface area contributed by atoms with Crippen molar-refractivity contribution < 1.29 is 37.4 Å². The van der Waals surface area contributed by atoms with Crippen LogP contribution >= 0.6 is 19.3 Å². The van der Waals surface area contributed by atoms with Crippen LogP contribution < -0.4 is 14.9 Å². The van der Waals surface area contributed by atoms with Crippen LogP contribution in [0, 0.1) is 6.92 Å². The van der Waals surface area contributed by atoms with E-state index in [4.69, 9.17) is 30.1 Å². The molecule has 16 heteroatoms. The summed E-state index contributed by atoms with van der Waals surface area (Å²) in [6.07, 6.45) is -4.36. The molecule has 3 heterocycles. The number of hydrogen-bond acceptors (Lipinski definition) is 11. The number of imidazole rings is 1. The quantitative estimate of drug-likeness (QED) is 0.109. The number of ether oxygens (including phenoxy) is 2. The summed E-state index contributed by atoms with van der Waals surface area (Å²) < 4.78 is 54.6. The lowest BCUT2D eigenvalue weighted by Gasteiger charge is -2.31. The summed E-state index contributed by atoms with van der Waals surface area (Å²) in [6.45, 7) is 5.78. The molecule has 0 saturated carbocycles. The molecule has 0 radical (unpaired) electrons. The summed E-state index contributed by atoms with van der Waals surface area (Å²) in [6, 6.07) is 11.3. The van der Waals surface area contributed by atoms with Crippen molar-refractivity contribution in [3.05, 3.63) is 54.6 Å². The first kappa shape index (κ1) is 33.0. The number of nitrogens with one attached hydrogen (secondary N) is 2. The summed E-state index contributed by atoms with van der Waals surface area (Å²) >= 11 is 6.31. The molecule has 5 rings (SSSR count). The molecule has 2 aromatic heterocycles. The number of anilines is 1. The third-order valence-corrected chi connectivity index (χ3v) is 9.31. The number of alkyl halides is 2. The molecule has 2 aromatic carbocycles. The first-order chi connectivity index (χ1) is 21.4. The van der Waals surface area contributed by atoms with Gasteiger partial charge >= 0.3 is 13.7 Å². The molecule has 6 atom stereocenters. The Morgan fingerprint density at radius 3 is 2.67 bits per heavy atom. The highest BCUT2D eigenvalue weighted by Crippen LogP contribution is 2.50. The number of aryl methyl sites for hydroxylation is 1. The van der Waals surface area contributed by atoms with Crippen molar-refractivity contribution in [3.8, 4) is 5.75 Å². The minimum Gasteiger partial charge on any atom is -0.462 e. The number of nitrogens with zero attached hydrogens (tertiary/aromatic N) is 4. The Labute approximate surface area is 264 Å². The summed E-state index contributed by atoms with van der Waals surface area (Å²) in [5.74, 6) is -0.124. The number of halogens is 2. The van der Waals surface area contributed by atoms with Crippen LogP contribution in [0.25, 0.3) is 21.9 Å². The van der Waals surface area contributed by atoms with E-state index in [0.717, 1.165) is 5.39 Å². The van der Waals surface area contributed by atoms with Crippen LogP contribution in [0.15, 0.2) is 48.8 Å². The maximum absolute atomic E-state index is 15.8. The van der Waals surface area contributed by atoms with Crippen molar-refractivity contribution in [2.45, 2.75) is 63.9 Å². The molecule has 1 aliphatic rings. The number of aromatic nitrogens is 4. The van der Waals surface area contributed by atoms with Gasteiger partial charge in [0.25, 0.3) is 0 Å². The molecule has 4 aromatic rings. The molecule has 0 amide bonds. The third-order valence-electron chi connectivity index (χ3n) is 7.24. The molecule has 242 valence electrons. The highest BCUT2D eigenvalue weighted by molar-refractivity contribution is 7.52. The van der Waals surface area contributed by atoms with Gasteiger partial charge in [-0.25, -0.2) is 23.9 Å². The molecule has 3 N–H and O–H groups in total. The van der Waals surface area contributed by atoms with Gasteiger partial charge in [-0.1, -0.05) is 36.4 Å².